The second-order valence-corrected chi connectivity index (χ2v) is 5.38. The second-order valence-electron chi connectivity index (χ2n) is 5.38. The van der Waals surface area contributed by atoms with Gasteiger partial charge in [0.2, 0.25) is 0 Å². The maximum atomic E-state index is 11.9. The number of esters is 1. The Hall–Kier alpha value is -1.57. The van der Waals surface area contributed by atoms with Crippen LogP contribution in [0.25, 0.3) is 0 Å². The lowest BCUT2D eigenvalue weighted by Gasteiger charge is -2.30. The third-order valence-electron chi connectivity index (χ3n) is 3.66. The summed E-state index contributed by atoms with van der Waals surface area (Å²) in [5, 5.41) is 0. The highest BCUT2D eigenvalue weighted by atomic mass is 16.6. The van der Waals surface area contributed by atoms with E-state index in [1.54, 1.807) is 6.92 Å². The van der Waals surface area contributed by atoms with Crippen molar-refractivity contribution in [2.75, 3.05) is 0 Å². The van der Waals surface area contributed by atoms with Crippen LogP contribution < -0.4 is 0 Å². The van der Waals surface area contributed by atoms with Crippen molar-refractivity contribution >= 4 is 5.97 Å². The van der Waals surface area contributed by atoms with Crippen molar-refractivity contribution in [2.45, 2.75) is 38.7 Å². The monoisotopic (exact) mass is 244 g/mol. The maximum Gasteiger partial charge on any atom is 0.333 e. The van der Waals surface area contributed by atoms with Crippen LogP contribution in [0.1, 0.15) is 38.7 Å². The molecule has 2 heteroatoms. The largest absolute Gasteiger partial charge is 0.451 e. The second kappa shape index (κ2) is 4.97. The molecule has 18 heavy (non-hydrogen) atoms. The standard InChI is InChI=1S/C16H20O2/c1-12(2)15(17)18-16(10-9-13(3)11-16)14-7-5-4-6-8-14/h4-8,13H,1,9-11H2,2-3H3. The Balaban J connectivity index is 2.30. The molecule has 1 aliphatic carbocycles. The van der Waals surface area contributed by atoms with E-state index in [0.717, 1.165) is 24.8 Å². The number of carbonyl (C=O) groups is 1. The van der Waals surface area contributed by atoms with Gasteiger partial charge < -0.3 is 4.74 Å². The topological polar surface area (TPSA) is 26.3 Å². The average Bonchev–Trinajstić information content (AvgIpc) is 2.73. The van der Waals surface area contributed by atoms with Crippen molar-refractivity contribution in [3.05, 3.63) is 48.0 Å². The molecule has 1 fully saturated rings. The normalized spacial score (nSPS) is 26.9. The van der Waals surface area contributed by atoms with E-state index in [2.05, 4.69) is 13.5 Å². The molecule has 1 aromatic carbocycles. The van der Waals surface area contributed by atoms with Gasteiger partial charge in [0, 0.05) is 5.57 Å². The third-order valence-corrected chi connectivity index (χ3v) is 3.66. The van der Waals surface area contributed by atoms with Gasteiger partial charge in [0.1, 0.15) is 5.60 Å². The molecule has 0 N–H and O–H groups in total. The lowest BCUT2D eigenvalue weighted by atomic mass is 9.91. The van der Waals surface area contributed by atoms with Gasteiger partial charge in [-0.25, -0.2) is 4.79 Å². The summed E-state index contributed by atoms with van der Waals surface area (Å²) in [6.07, 6.45) is 2.89. The van der Waals surface area contributed by atoms with Gasteiger partial charge in [-0.3, -0.25) is 0 Å². The van der Waals surface area contributed by atoms with Gasteiger partial charge in [0.05, 0.1) is 0 Å². The molecule has 0 spiro atoms. The minimum Gasteiger partial charge on any atom is -0.451 e. The number of hydrogen-bond donors (Lipinski definition) is 0. The van der Waals surface area contributed by atoms with Crippen LogP contribution in [-0.4, -0.2) is 5.97 Å². The number of hydrogen-bond acceptors (Lipinski definition) is 2. The molecule has 1 aliphatic rings. The van der Waals surface area contributed by atoms with Crippen LogP contribution in [0.3, 0.4) is 0 Å². The fourth-order valence-corrected chi connectivity index (χ4v) is 2.67. The Morgan fingerprint density at radius 2 is 2.06 bits per heavy atom. The zero-order valence-corrected chi connectivity index (χ0v) is 11.1. The molecule has 0 aromatic heterocycles. The highest BCUT2D eigenvalue weighted by Gasteiger charge is 2.42. The summed E-state index contributed by atoms with van der Waals surface area (Å²) in [4.78, 5) is 11.9. The van der Waals surface area contributed by atoms with Crippen LogP contribution in [-0.2, 0) is 15.1 Å². The summed E-state index contributed by atoms with van der Waals surface area (Å²) >= 11 is 0. The molecule has 1 aromatic rings. The van der Waals surface area contributed by atoms with Gasteiger partial charge in [-0.15, -0.1) is 0 Å². The first kappa shape index (κ1) is 12.9. The number of rotatable bonds is 3. The van der Waals surface area contributed by atoms with Crippen LogP contribution in [0.5, 0.6) is 0 Å². The van der Waals surface area contributed by atoms with Gasteiger partial charge in [-0.1, -0.05) is 43.8 Å². The molecule has 0 amide bonds. The Labute approximate surface area is 109 Å². The summed E-state index contributed by atoms with van der Waals surface area (Å²) in [6, 6.07) is 10.1. The zero-order valence-electron chi connectivity index (χ0n) is 11.1. The summed E-state index contributed by atoms with van der Waals surface area (Å²) in [5.74, 6) is 0.302. The van der Waals surface area contributed by atoms with Crippen molar-refractivity contribution in [1.29, 1.82) is 0 Å². The summed E-state index contributed by atoms with van der Waals surface area (Å²) in [7, 11) is 0. The quantitative estimate of drug-likeness (QED) is 0.597. The highest BCUT2D eigenvalue weighted by molar-refractivity contribution is 5.87. The molecule has 2 unspecified atom stereocenters. The zero-order chi connectivity index (χ0) is 13.2. The minimum absolute atomic E-state index is 0.284. The van der Waals surface area contributed by atoms with Crippen LogP contribution in [0.2, 0.25) is 0 Å². The molecule has 96 valence electrons. The molecule has 2 nitrogen and oxygen atoms in total. The smallest absolute Gasteiger partial charge is 0.333 e. The van der Waals surface area contributed by atoms with E-state index in [1.165, 1.54) is 0 Å². The Morgan fingerprint density at radius 3 is 2.56 bits per heavy atom. The van der Waals surface area contributed by atoms with Gasteiger partial charge >= 0.3 is 5.97 Å². The first-order valence-corrected chi connectivity index (χ1v) is 6.48. The van der Waals surface area contributed by atoms with E-state index >= 15 is 0 Å². The van der Waals surface area contributed by atoms with E-state index in [0.29, 0.717) is 11.5 Å². The van der Waals surface area contributed by atoms with E-state index in [-0.39, 0.29) is 5.97 Å². The first-order valence-electron chi connectivity index (χ1n) is 6.48. The predicted octanol–water partition coefficient (Wildman–Crippen LogP) is 3.82. The third kappa shape index (κ3) is 2.47. The first-order chi connectivity index (χ1) is 8.53. The Bertz CT molecular complexity index is 449. The minimum atomic E-state index is -0.448. The molecule has 0 radical (unpaired) electrons. The van der Waals surface area contributed by atoms with Gasteiger partial charge in [-0.2, -0.15) is 0 Å². The average molecular weight is 244 g/mol. The van der Waals surface area contributed by atoms with Crippen molar-refractivity contribution in [2.24, 2.45) is 5.92 Å². The summed E-state index contributed by atoms with van der Waals surface area (Å²) in [5.41, 5.74) is 1.12. The molecule has 0 heterocycles. The number of benzene rings is 1. The van der Waals surface area contributed by atoms with Gasteiger partial charge in [-0.05, 0) is 37.7 Å². The summed E-state index contributed by atoms with van der Waals surface area (Å²) < 4.78 is 5.78. The number of ether oxygens (including phenoxy) is 1. The summed E-state index contributed by atoms with van der Waals surface area (Å²) in [6.45, 7) is 7.57. The molecule has 0 aliphatic heterocycles. The van der Waals surface area contributed by atoms with Crippen LogP contribution >= 0.6 is 0 Å². The Morgan fingerprint density at radius 1 is 1.39 bits per heavy atom. The fraction of sp³-hybridized carbons (Fsp3) is 0.438. The van der Waals surface area contributed by atoms with Crippen molar-refractivity contribution in [1.82, 2.24) is 0 Å². The van der Waals surface area contributed by atoms with Crippen LogP contribution in [0.15, 0.2) is 42.5 Å². The van der Waals surface area contributed by atoms with Crippen molar-refractivity contribution in [3.63, 3.8) is 0 Å². The number of carbonyl (C=O) groups excluding carboxylic acids is 1. The van der Waals surface area contributed by atoms with Gasteiger partial charge in [0.15, 0.2) is 0 Å². The Kier molecular flexibility index (Phi) is 3.55. The van der Waals surface area contributed by atoms with Crippen molar-refractivity contribution in [3.8, 4) is 0 Å². The molecule has 0 bridgehead atoms. The van der Waals surface area contributed by atoms with Gasteiger partial charge in [0.25, 0.3) is 0 Å². The van der Waals surface area contributed by atoms with E-state index in [9.17, 15) is 4.79 Å². The SMILES string of the molecule is C=C(C)C(=O)OC1(c2ccccc2)CCC(C)C1. The molecular formula is C16H20O2. The molecular weight excluding hydrogens is 224 g/mol. The van der Waals surface area contributed by atoms with E-state index in [4.69, 9.17) is 4.74 Å². The molecule has 2 atom stereocenters. The fourth-order valence-electron chi connectivity index (χ4n) is 2.67. The molecule has 2 rings (SSSR count). The molecule has 0 saturated heterocycles. The lowest BCUT2D eigenvalue weighted by molar-refractivity contribution is -0.155. The highest BCUT2D eigenvalue weighted by Crippen LogP contribution is 2.45. The lowest BCUT2D eigenvalue weighted by Crippen LogP contribution is -2.30. The predicted molar refractivity (Wildman–Crippen MR) is 72.0 cm³/mol. The van der Waals surface area contributed by atoms with Crippen LogP contribution in [0, 0.1) is 5.92 Å². The maximum absolute atomic E-state index is 11.9. The van der Waals surface area contributed by atoms with Crippen molar-refractivity contribution < 1.29 is 9.53 Å². The van der Waals surface area contributed by atoms with E-state index in [1.807, 2.05) is 30.3 Å². The molecule has 1 saturated carbocycles. The van der Waals surface area contributed by atoms with Crippen LogP contribution in [0.4, 0.5) is 0 Å². The van der Waals surface area contributed by atoms with E-state index < -0.39 is 5.60 Å².